The first-order chi connectivity index (χ1) is 7.99. The molecular formula is C14H15F3. The smallest absolute Gasteiger partial charge is 0.170 e. The lowest BCUT2D eigenvalue weighted by Gasteiger charge is -2.85. The van der Waals surface area contributed by atoms with Crippen molar-refractivity contribution >= 4 is 0 Å². The van der Waals surface area contributed by atoms with E-state index < -0.39 is 11.6 Å². The SMILES string of the molecule is CC1C2C3C1(C(F)(F)F)C1C4C2(C2CCC2)C314. The van der Waals surface area contributed by atoms with Gasteiger partial charge in [-0.15, -0.1) is 0 Å². The van der Waals surface area contributed by atoms with Gasteiger partial charge in [0.2, 0.25) is 0 Å². The summed E-state index contributed by atoms with van der Waals surface area (Å²) in [5.74, 6) is 1.96. The first-order valence-electron chi connectivity index (χ1n) is 7.06. The molecule has 8 atom stereocenters. The molecule has 0 radical (unpaired) electrons. The molecule has 0 amide bonds. The zero-order valence-electron chi connectivity index (χ0n) is 9.72. The molecule has 6 rings (SSSR count). The van der Waals surface area contributed by atoms with E-state index in [1.165, 1.54) is 19.3 Å². The van der Waals surface area contributed by atoms with Gasteiger partial charge >= 0.3 is 6.18 Å². The minimum absolute atomic E-state index is 0.0567. The second-order valence-corrected chi connectivity index (χ2v) is 7.67. The fraction of sp³-hybridized carbons (Fsp3) is 1.00. The monoisotopic (exact) mass is 240 g/mol. The fourth-order valence-corrected chi connectivity index (χ4v) is 8.37. The van der Waals surface area contributed by atoms with Crippen LogP contribution >= 0.6 is 0 Å². The van der Waals surface area contributed by atoms with Crippen LogP contribution in [-0.4, -0.2) is 6.18 Å². The minimum atomic E-state index is -3.91. The van der Waals surface area contributed by atoms with Crippen LogP contribution < -0.4 is 0 Å². The minimum Gasteiger partial charge on any atom is -0.170 e. The molecule has 0 aromatic rings. The van der Waals surface area contributed by atoms with E-state index in [0.29, 0.717) is 17.3 Å². The van der Waals surface area contributed by atoms with Crippen LogP contribution in [-0.2, 0) is 0 Å². The summed E-state index contributed by atoms with van der Waals surface area (Å²) in [4.78, 5) is 0. The average molecular weight is 240 g/mol. The maximum atomic E-state index is 13.3. The van der Waals surface area contributed by atoms with Gasteiger partial charge < -0.3 is 0 Å². The van der Waals surface area contributed by atoms with Gasteiger partial charge in [0.25, 0.3) is 0 Å². The van der Waals surface area contributed by atoms with Crippen molar-refractivity contribution in [2.75, 3.05) is 0 Å². The van der Waals surface area contributed by atoms with Gasteiger partial charge in [-0.1, -0.05) is 13.3 Å². The van der Waals surface area contributed by atoms with E-state index in [-0.39, 0.29) is 23.2 Å². The van der Waals surface area contributed by atoms with E-state index >= 15 is 0 Å². The van der Waals surface area contributed by atoms with Gasteiger partial charge in [0.15, 0.2) is 0 Å². The summed E-state index contributed by atoms with van der Waals surface area (Å²) in [7, 11) is 0. The van der Waals surface area contributed by atoms with Gasteiger partial charge in [0.05, 0.1) is 5.41 Å². The largest absolute Gasteiger partial charge is 0.395 e. The van der Waals surface area contributed by atoms with E-state index in [2.05, 4.69) is 0 Å². The normalized spacial score (nSPS) is 76.6. The van der Waals surface area contributed by atoms with Gasteiger partial charge in [-0.05, 0) is 59.2 Å². The number of hydrogen-bond donors (Lipinski definition) is 0. The van der Waals surface area contributed by atoms with E-state index in [1.807, 2.05) is 6.92 Å². The summed E-state index contributed by atoms with van der Waals surface area (Å²) in [6, 6.07) is 0. The molecule has 0 nitrogen and oxygen atoms in total. The molecule has 17 heavy (non-hydrogen) atoms. The maximum absolute atomic E-state index is 13.3. The molecule has 6 aliphatic carbocycles. The molecule has 0 aromatic heterocycles. The van der Waals surface area contributed by atoms with Crippen molar-refractivity contribution in [2.45, 2.75) is 32.4 Å². The Morgan fingerprint density at radius 2 is 1.71 bits per heavy atom. The molecule has 6 fully saturated rings. The molecule has 0 saturated heterocycles. The molecule has 0 bridgehead atoms. The van der Waals surface area contributed by atoms with Crippen LogP contribution in [0.1, 0.15) is 26.2 Å². The van der Waals surface area contributed by atoms with Crippen molar-refractivity contribution in [2.24, 2.45) is 51.8 Å². The number of alkyl halides is 3. The highest BCUT2D eigenvalue weighted by atomic mass is 19.4. The van der Waals surface area contributed by atoms with Gasteiger partial charge in [-0.2, -0.15) is 13.2 Å². The van der Waals surface area contributed by atoms with Crippen LogP contribution in [0, 0.1) is 51.8 Å². The molecule has 1 spiro atoms. The quantitative estimate of drug-likeness (QED) is 0.658. The average Bonchev–Trinajstić information content (AvgIpc) is 2.92. The third-order valence-corrected chi connectivity index (χ3v) is 8.45. The first-order valence-corrected chi connectivity index (χ1v) is 7.06. The second kappa shape index (κ2) is 1.72. The number of halogens is 3. The Labute approximate surface area is 97.9 Å². The van der Waals surface area contributed by atoms with Crippen molar-refractivity contribution in [3.8, 4) is 0 Å². The predicted molar refractivity (Wildman–Crippen MR) is 53.8 cm³/mol. The van der Waals surface area contributed by atoms with Crippen LogP contribution in [0.2, 0.25) is 0 Å². The highest BCUT2D eigenvalue weighted by Gasteiger charge is 3.23. The summed E-state index contributed by atoms with van der Waals surface area (Å²) in [5.41, 5.74) is -0.425. The molecule has 0 aromatic carbocycles. The van der Waals surface area contributed by atoms with Crippen LogP contribution in [0.4, 0.5) is 13.2 Å². The zero-order chi connectivity index (χ0) is 11.6. The van der Waals surface area contributed by atoms with Crippen LogP contribution in [0.25, 0.3) is 0 Å². The summed E-state index contributed by atoms with van der Waals surface area (Å²) < 4.78 is 40.0. The molecule has 0 aliphatic heterocycles. The Kier molecular flexibility index (Phi) is 0.893. The lowest BCUT2D eigenvalue weighted by molar-refractivity contribution is -0.477. The van der Waals surface area contributed by atoms with Crippen LogP contribution in [0.15, 0.2) is 0 Å². The number of hydrogen-bond acceptors (Lipinski definition) is 0. The molecule has 8 unspecified atom stereocenters. The third-order valence-electron chi connectivity index (χ3n) is 8.45. The third kappa shape index (κ3) is 0.408. The molecule has 92 valence electrons. The Morgan fingerprint density at radius 1 is 1.00 bits per heavy atom. The summed E-state index contributed by atoms with van der Waals surface area (Å²) in [5, 5.41) is 0. The van der Waals surface area contributed by atoms with Crippen LogP contribution in [0.5, 0.6) is 0 Å². The predicted octanol–water partition coefficient (Wildman–Crippen LogP) is 3.48. The molecular weight excluding hydrogens is 225 g/mol. The lowest BCUT2D eigenvalue weighted by Crippen LogP contribution is -2.87. The summed E-state index contributed by atoms with van der Waals surface area (Å²) in [6.45, 7) is 1.90. The van der Waals surface area contributed by atoms with Gasteiger partial charge in [-0.3, -0.25) is 0 Å². The van der Waals surface area contributed by atoms with Gasteiger partial charge in [0, 0.05) is 0 Å². The fourth-order valence-electron chi connectivity index (χ4n) is 8.37. The topological polar surface area (TPSA) is 0 Å². The second-order valence-electron chi connectivity index (χ2n) is 7.67. The summed E-state index contributed by atoms with van der Waals surface area (Å²) in [6.07, 6.45) is 0.0542. The molecule has 3 heteroatoms. The molecule has 0 heterocycles. The van der Waals surface area contributed by atoms with Crippen molar-refractivity contribution in [1.82, 2.24) is 0 Å². The van der Waals surface area contributed by atoms with E-state index in [0.717, 1.165) is 5.92 Å². The van der Waals surface area contributed by atoms with Gasteiger partial charge in [0.1, 0.15) is 0 Å². The zero-order valence-corrected chi connectivity index (χ0v) is 9.72. The Hall–Kier alpha value is -0.210. The first kappa shape index (κ1) is 8.82. The molecule has 6 aliphatic rings. The van der Waals surface area contributed by atoms with Crippen molar-refractivity contribution in [3.05, 3.63) is 0 Å². The van der Waals surface area contributed by atoms with E-state index in [1.54, 1.807) is 0 Å². The van der Waals surface area contributed by atoms with Gasteiger partial charge in [-0.25, -0.2) is 0 Å². The van der Waals surface area contributed by atoms with E-state index in [4.69, 9.17) is 0 Å². The lowest BCUT2D eigenvalue weighted by atomic mass is 9.17. The number of fused-ring (bicyclic) bond motifs is 4. The summed E-state index contributed by atoms with van der Waals surface area (Å²) >= 11 is 0. The highest BCUT2D eigenvalue weighted by molar-refractivity contribution is 5.66. The Morgan fingerprint density at radius 3 is 2.12 bits per heavy atom. The standard InChI is InChI=1S/C14H15F3/c1-5-7-8-11(5,14(15,16)17)9-10-12(7,13(8,9)10)6-3-2-4-6/h5-10H,2-4H2,1H3. The highest BCUT2D eigenvalue weighted by Crippen LogP contribution is 3.23. The van der Waals surface area contributed by atoms with E-state index in [9.17, 15) is 13.2 Å². The molecule has 0 N–H and O–H groups in total. The number of rotatable bonds is 1. The maximum Gasteiger partial charge on any atom is 0.395 e. The molecule has 6 saturated carbocycles. The van der Waals surface area contributed by atoms with Crippen molar-refractivity contribution in [3.63, 3.8) is 0 Å². The van der Waals surface area contributed by atoms with Crippen LogP contribution in [0.3, 0.4) is 0 Å². The van der Waals surface area contributed by atoms with Crippen molar-refractivity contribution < 1.29 is 13.2 Å². The Bertz CT molecular complexity index is 488. The Balaban J connectivity index is 1.47. The van der Waals surface area contributed by atoms with Crippen molar-refractivity contribution in [1.29, 1.82) is 0 Å².